The lowest BCUT2D eigenvalue weighted by Crippen LogP contribution is -2.54. The molecule has 0 aliphatic carbocycles. The average Bonchev–Trinajstić information content (AvgIpc) is 2.83. The number of aromatic hydroxyl groups is 1. The third-order valence-electron chi connectivity index (χ3n) is 5.18. The van der Waals surface area contributed by atoms with Crippen molar-refractivity contribution in [1.82, 2.24) is 5.32 Å². The molecule has 10 heteroatoms. The highest BCUT2D eigenvalue weighted by atomic mass is 35.5. The zero-order valence-corrected chi connectivity index (χ0v) is 19.7. The van der Waals surface area contributed by atoms with E-state index in [2.05, 4.69) is 5.32 Å². The van der Waals surface area contributed by atoms with E-state index in [-0.39, 0.29) is 46.7 Å². The minimum atomic E-state index is -0.919. The smallest absolute Gasteiger partial charge is 0.335 e. The SMILES string of the molecule is CCOc1cc(/C=C2\C(=O)NC(=O)N(c3ccc(O)cc3)C2=O)cc(Cl)c1OCc1ccccc1F. The summed E-state index contributed by atoms with van der Waals surface area (Å²) < 4.78 is 25.3. The van der Waals surface area contributed by atoms with Crippen molar-refractivity contribution < 1.29 is 33.4 Å². The summed E-state index contributed by atoms with van der Waals surface area (Å²) in [7, 11) is 0. The van der Waals surface area contributed by atoms with Crippen LogP contribution in [0.1, 0.15) is 18.1 Å². The summed E-state index contributed by atoms with van der Waals surface area (Å²) in [5.74, 6) is -1.82. The van der Waals surface area contributed by atoms with Crippen LogP contribution in [-0.2, 0) is 16.2 Å². The van der Waals surface area contributed by atoms with E-state index in [0.717, 1.165) is 4.90 Å². The molecule has 0 spiro atoms. The van der Waals surface area contributed by atoms with E-state index in [1.54, 1.807) is 25.1 Å². The lowest BCUT2D eigenvalue weighted by Gasteiger charge is -2.26. The number of amides is 4. The van der Waals surface area contributed by atoms with Crippen LogP contribution in [0.2, 0.25) is 5.02 Å². The number of ether oxygens (including phenoxy) is 2. The van der Waals surface area contributed by atoms with Crippen LogP contribution < -0.4 is 19.7 Å². The molecule has 0 radical (unpaired) electrons. The number of hydrogen-bond acceptors (Lipinski definition) is 6. The molecule has 0 saturated carbocycles. The Morgan fingerprint density at radius 3 is 2.47 bits per heavy atom. The van der Waals surface area contributed by atoms with Gasteiger partial charge in [0.15, 0.2) is 11.5 Å². The van der Waals surface area contributed by atoms with Crippen molar-refractivity contribution in [2.45, 2.75) is 13.5 Å². The number of nitrogens with zero attached hydrogens (tertiary/aromatic N) is 1. The number of carbonyl (C=O) groups excluding carboxylic acids is 3. The monoisotopic (exact) mass is 510 g/mol. The number of rotatable bonds is 7. The Balaban J connectivity index is 1.66. The lowest BCUT2D eigenvalue weighted by molar-refractivity contribution is -0.122. The molecule has 0 bridgehead atoms. The summed E-state index contributed by atoms with van der Waals surface area (Å²) in [5.41, 5.74) is 0.505. The van der Waals surface area contributed by atoms with Crippen LogP contribution in [-0.4, -0.2) is 29.6 Å². The minimum absolute atomic E-state index is 0.0501. The van der Waals surface area contributed by atoms with Crippen LogP contribution in [0.5, 0.6) is 17.2 Å². The first-order valence-electron chi connectivity index (χ1n) is 10.8. The second kappa shape index (κ2) is 10.5. The van der Waals surface area contributed by atoms with Gasteiger partial charge in [0, 0.05) is 5.56 Å². The predicted molar refractivity (Wildman–Crippen MR) is 130 cm³/mol. The fraction of sp³-hybridized carbons (Fsp3) is 0.115. The number of phenolic OH excluding ortho intramolecular Hbond substituents is 1. The number of benzene rings is 3. The average molecular weight is 511 g/mol. The molecule has 0 unspecified atom stereocenters. The highest BCUT2D eigenvalue weighted by molar-refractivity contribution is 6.39. The van der Waals surface area contributed by atoms with Crippen molar-refractivity contribution in [2.24, 2.45) is 0 Å². The van der Waals surface area contributed by atoms with E-state index in [4.69, 9.17) is 21.1 Å². The van der Waals surface area contributed by atoms with Gasteiger partial charge < -0.3 is 14.6 Å². The first-order chi connectivity index (χ1) is 17.3. The van der Waals surface area contributed by atoms with Gasteiger partial charge in [-0.2, -0.15) is 0 Å². The van der Waals surface area contributed by atoms with Gasteiger partial charge >= 0.3 is 6.03 Å². The van der Waals surface area contributed by atoms with Crippen molar-refractivity contribution in [3.63, 3.8) is 0 Å². The molecule has 1 aliphatic rings. The van der Waals surface area contributed by atoms with Gasteiger partial charge in [0.1, 0.15) is 23.7 Å². The van der Waals surface area contributed by atoms with Crippen LogP contribution >= 0.6 is 11.6 Å². The molecule has 8 nitrogen and oxygen atoms in total. The maximum Gasteiger partial charge on any atom is 0.335 e. The van der Waals surface area contributed by atoms with Gasteiger partial charge in [-0.05, 0) is 61.0 Å². The molecule has 1 heterocycles. The van der Waals surface area contributed by atoms with Gasteiger partial charge in [-0.3, -0.25) is 14.9 Å². The fourth-order valence-electron chi connectivity index (χ4n) is 3.50. The largest absolute Gasteiger partial charge is 0.508 e. The Morgan fingerprint density at radius 1 is 1.06 bits per heavy atom. The molecule has 1 fully saturated rings. The molecule has 2 N–H and O–H groups in total. The van der Waals surface area contributed by atoms with Crippen LogP contribution in [0.25, 0.3) is 6.08 Å². The molecule has 4 rings (SSSR count). The molecular formula is C26H20ClFN2O6. The van der Waals surface area contributed by atoms with E-state index in [0.29, 0.717) is 11.1 Å². The Labute approximate surface area is 210 Å². The molecule has 0 atom stereocenters. The normalized spacial score (nSPS) is 14.7. The van der Waals surface area contributed by atoms with Crippen LogP contribution in [0.3, 0.4) is 0 Å². The zero-order valence-electron chi connectivity index (χ0n) is 19.0. The summed E-state index contributed by atoms with van der Waals surface area (Å²) in [6.45, 7) is 1.91. The predicted octanol–water partition coefficient (Wildman–Crippen LogP) is 4.83. The lowest BCUT2D eigenvalue weighted by atomic mass is 10.1. The molecule has 3 aromatic rings. The van der Waals surface area contributed by atoms with Gasteiger partial charge in [0.25, 0.3) is 11.8 Å². The van der Waals surface area contributed by atoms with Gasteiger partial charge in [-0.15, -0.1) is 0 Å². The summed E-state index contributed by atoms with van der Waals surface area (Å²) in [6, 6.07) is 13.5. The molecule has 4 amide bonds. The molecule has 3 aromatic carbocycles. The number of halogens is 2. The van der Waals surface area contributed by atoms with Crippen molar-refractivity contribution in [3.05, 3.63) is 88.2 Å². The Morgan fingerprint density at radius 2 is 1.78 bits per heavy atom. The molecule has 184 valence electrons. The van der Waals surface area contributed by atoms with Crippen molar-refractivity contribution in [2.75, 3.05) is 11.5 Å². The number of anilines is 1. The number of imide groups is 2. The topological polar surface area (TPSA) is 105 Å². The standard InChI is InChI=1S/C26H20ClFN2O6/c1-2-35-22-13-15(12-20(27)23(22)36-14-16-5-3-4-6-21(16)28)11-19-24(32)29-26(34)30(25(19)33)17-7-9-18(31)10-8-17/h3-13,31H,2,14H2,1H3,(H,29,32,34)/b19-11+. The van der Waals surface area contributed by atoms with E-state index in [9.17, 15) is 23.9 Å². The molecule has 1 saturated heterocycles. The molecular weight excluding hydrogens is 491 g/mol. The van der Waals surface area contributed by atoms with E-state index >= 15 is 0 Å². The second-order valence-corrected chi connectivity index (χ2v) is 8.02. The zero-order chi connectivity index (χ0) is 25.8. The van der Waals surface area contributed by atoms with Crippen LogP contribution in [0, 0.1) is 5.82 Å². The number of hydrogen-bond donors (Lipinski definition) is 2. The number of urea groups is 1. The highest BCUT2D eigenvalue weighted by Gasteiger charge is 2.36. The maximum atomic E-state index is 14.0. The molecule has 36 heavy (non-hydrogen) atoms. The first kappa shape index (κ1) is 24.7. The Bertz CT molecular complexity index is 1370. The number of phenols is 1. The third-order valence-corrected chi connectivity index (χ3v) is 5.46. The van der Waals surface area contributed by atoms with Crippen molar-refractivity contribution in [1.29, 1.82) is 0 Å². The third kappa shape index (κ3) is 5.16. The Kier molecular flexibility index (Phi) is 7.21. The summed E-state index contributed by atoms with van der Waals surface area (Å²) in [5, 5.41) is 11.7. The molecule has 0 aromatic heterocycles. The van der Waals surface area contributed by atoms with Gasteiger partial charge in [0.05, 0.1) is 17.3 Å². The number of nitrogens with one attached hydrogen (secondary N) is 1. The fourth-order valence-corrected chi connectivity index (χ4v) is 3.77. The second-order valence-electron chi connectivity index (χ2n) is 7.62. The summed E-state index contributed by atoms with van der Waals surface area (Å²) >= 11 is 6.43. The van der Waals surface area contributed by atoms with Gasteiger partial charge in [-0.25, -0.2) is 14.1 Å². The number of carbonyl (C=O) groups is 3. The van der Waals surface area contributed by atoms with E-state index in [1.807, 2.05) is 0 Å². The van der Waals surface area contributed by atoms with E-state index < -0.39 is 23.7 Å². The maximum absolute atomic E-state index is 14.0. The quantitative estimate of drug-likeness (QED) is 0.348. The van der Waals surface area contributed by atoms with E-state index in [1.165, 1.54) is 48.5 Å². The highest BCUT2D eigenvalue weighted by Crippen LogP contribution is 2.38. The Hall–Kier alpha value is -4.37. The molecule has 1 aliphatic heterocycles. The summed E-state index contributed by atoms with van der Waals surface area (Å²) in [4.78, 5) is 38.7. The van der Waals surface area contributed by atoms with Gasteiger partial charge in [0.2, 0.25) is 0 Å². The summed E-state index contributed by atoms with van der Waals surface area (Å²) in [6.07, 6.45) is 1.27. The van der Waals surface area contributed by atoms with Gasteiger partial charge in [-0.1, -0.05) is 29.8 Å². The van der Waals surface area contributed by atoms with Crippen molar-refractivity contribution >= 4 is 41.2 Å². The van der Waals surface area contributed by atoms with Crippen LogP contribution in [0.4, 0.5) is 14.9 Å². The van der Waals surface area contributed by atoms with Crippen molar-refractivity contribution in [3.8, 4) is 17.2 Å². The minimum Gasteiger partial charge on any atom is -0.508 e. The number of barbiturate groups is 1. The van der Waals surface area contributed by atoms with Crippen LogP contribution in [0.15, 0.2) is 66.2 Å². The first-order valence-corrected chi connectivity index (χ1v) is 11.2.